The Bertz CT molecular complexity index is 325. The third-order valence-electron chi connectivity index (χ3n) is 1.84. The van der Waals surface area contributed by atoms with Crippen LogP contribution in [0.2, 0.25) is 0 Å². The monoisotopic (exact) mass is 258 g/mol. The largest absolute Gasteiger partial charge is 0.497 e. The first-order valence-electron chi connectivity index (χ1n) is 4.13. The highest BCUT2D eigenvalue weighted by Crippen LogP contribution is 2.23. The molecular formula is C10H11BrO3. The van der Waals surface area contributed by atoms with E-state index in [1.54, 1.807) is 19.2 Å². The molecule has 76 valence electrons. The van der Waals surface area contributed by atoms with E-state index in [1.165, 1.54) is 0 Å². The maximum Gasteiger partial charge on any atom is 0.148 e. The lowest BCUT2D eigenvalue weighted by molar-refractivity contribution is -0.114. The van der Waals surface area contributed by atoms with E-state index in [1.807, 2.05) is 6.07 Å². The smallest absolute Gasteiger partial charge is 0.148 e. The number of hydrogen-bond donors (Lipinski definition) is 1. The normalized spacial score (nSPS) is 12.2. The second-order valence-electron chi connectivity index (χ2n) is 2.86. The second-order valence-corrected chi connectivity index (χ2v) is 3.72. The molecule has 1 atom stereocenters. The van der Waals surface area contributed by atoms with Gasteiger partial charge in [0.05, 0.1) is 7.11 Å². The summed E-state index contributed by atoms with van der Waals surface area (Å²) in [5, 5.41) is 9.17. The summed E-state index contributed by atoms with van der Waals surface area (Å²) in [4.78, 5) is 10.3. The number of rotatable bonds is 4. The summed E-state index contributed by atoms with van der Waals surface area (Å²) >= 11 is 3.33. The minimum absolute atomic E-state index is 0.293. The molecule has 1 aromatic rings. The number of aliphatic hydroxyl groups excluding tert-OH is 1. The zero-order chi connectivity index (χ0) is 10.6. The number of halogens is 1. The lowest BCUT2D eigenvalue weighted by Gasteiger charge is -2.08. The zero-order valence-corrected chi connectivity index (χ0v) is 9.32. The highest BCUT2D eigenvalue weighted by molar-refractivity contribution is 9.10. The number of aldehydes is 1. The van der Waals surface area contributed by atoms with Gasteiger partial charge in [0.25, 0.3) is 0 Å². The van der Waals surface area contributed by atoms with E-state index in [9.17, 15) is 4.79 Å². The van der Waals surface area contributed by atoms with Crippen LogP contribution in [-0.4, -0.2) is 24.6 Å². The van der Waals surface area contributed by atoms with Gasteiger partial charge in [0.1, 0.15) is 18.1 Å². The Morgan fingerprint density at radius 2 is 2.36 bits per heavy atom. The van der Waals surface area contributed by atoms with Gasteiger partial charge in [-0.2, -0.15) is 0 Å². The fraction of sp³-hybridized carbons (Fsp3) is 0.300. The topological polar surface area (TPSA) is 46.5 Å². The fourth-order valence-electron chi connectivity index (χ4n) is 1.11. The van der Waals surface area contributed by atoms with E-state index in [2.05, 4.69) is 15.9 Å². The van der Waals surface area contributed by atoms with Crippen LogP contribution in [0, 0.1) is 0 Å². The van der Waals surface area contributed by atoms with Crippen LogP contribution in [0.5, 0.6) is 5.75 Å². The predicted octanol–water partition coefficient (Wildman–Crippen LogP) is 1.56. The van der Waals surface area contributed by atoms with Gasteiger partial charge in [-0.05, 0) is 23.8 Å². The van der Waals surface area contributed by atoms with Crippen LogP contribution >= 0.6 is 15.9 Å². The number of ether oxygens (including phenoxy) is 1. The van der Waals surface area contributed by atoms with Gasteiger partial charge in [0.15, 0.2) is 0 Å². The van der Waals surface area contributed by atoms with Gasteiger partial charge >= 0.3 is 0 Å². The number of carbonyl (C=O) groups is 1. The van der Waals surface area contributed by atoms with Crippen LogP contribution in [-0.2, 0) is 11.2 Å². The maximum atomic E-state index is 10.3. The average molecular weight is 259 g/mol. The molecule has 0 amide bonds. The summed E-state index contributed by atoms with van der Waals surface area (Å²) < 4.78 is 5.89. The molecule has 0 bridgehead atoms. The van der Waals surface area contributed by atoms with Crippen molar-refractivity contribution in [1.29, 1.82) is 0 Å². The molecule has 14 heavy (non-hydrogen) atoms. The maximum absolute atomic E-state index is 10.3. The Morgan fingerprint density at radius 1 is 1.64 bits per heavy atom. The van der Waals surface area contributed by atoms with Crippen molar-refractivity contribution in [3.63, 3.8) is 0 Å². The minimum Gasteiger partial charge on any atom is -0.497 e. The molecule has 0 saturated carbocycles. The van der Waals surface area contributed by atoms with Crippen LogP contribution in [0.1, 0.15) is 5.56 Å². The summed E-state index contributed by atoms with van der Waals surface area (Å²) in [7, 11) is 1.57. The molecule has 1 unspecified atom stereocenters. The molecule has 0 fully saturated rings. The number of carbonyl (C=O) groups excluding carboxylic acids is 1. The molecule has 4 heteroatoms. The number of benzene rings is 1. The van der Waals surface area contributed by atoms with Crippen molar-refractivity contribution in [2.24, 2.45) is 0 Å². The highest BCUT2D eigenvalue weighted by Gasteiger charge is 2.07. The molecule has 0 aliphatic carbocycles. The van der Waals surface area contributed by atoms with Crippen LogP contribution < -0.4 is 4.74 Å². The Hall–Kier alpha value is -0.870. The van der Waals surface area contributed by atoms with E-state index in [0.29, 0.717) is 18.5 Å². The van der Waals surface area contributed by atoms with E-state index in [-0.39, 0.29) is 0 Å². The molecule has 0 aromatic heterocycles. The molecule has 0 radical (unpaired) electrons. The quantitative estimate of drug-likeness (QED) is 0.834. The van der Waals surface area contributed by atoms with Gasteiger partial charge in [-0.1, -0.05) is 15.9 Å². The van der Waals surface area contributed by atoms with E-state index < -0.39 is 6.10 Å². The molecular weight excluding hydrogens is 248 g/mol. The van der Waals surface area contributed by atoms with E-state index >= 15 is 0 Å². The average Bonchev–Trinajstić information content (AvgIpc) is 2.21. The molecule has 1 N–H and O–H groups in total. The molecule has 0 saturated heterocycles. The summed E-state index contributed by atoms with van der Waals surface area (Å²) in [6.07, 6.45) is -0.147. The van der Waals surface area contributed by atoms with Crippen LogP contribution in [0.4, 0.5) is 0 Å². The molecule has 0 spiro atoms. The summed E-state index contributed by atoms with van der Waals surface area (Å²) in [5.41, 5.74) is 0.851. The predicted molar refractivity (Wildman–Crippen MR) is 56.5 cm³/mol. The Kier molecular flexibility index (Phi) is 4.10. The van der Waals surface area contributed by atoms with Crippen LogP contribution in [0.3, 0.4) is 0 Å². The Labute approximate surface area is 90.8 Å². The highest BCUT2D eigenvalue weighted by atomic mass is 79.9. The number of aliphatic hydroxyl groups is 1. The van der Waals surface area contributed by atoms with Crippen molar-refractivity contribution >= 4 is 22.2 Å². The van der Waals surface area contributed by atoms with Crippen molar-refractivity contribution in [1.82, 2.24) is 0 Å². The standard InChI is InChI=1S/C10H11BrO3/c1-14-9-2-3-10(11)7(5-9)4-8(13)6-12/h2-3,5-6,8,13H,4H2,1H3. The van der Waals surface area contributed by atoms with E-state index in [0.717, 1.165) is 10.0 Å². The van der Waals surface area contributed by atoms with Gasteiger partial charge < -0.3 is 14.6 Å². The molecule has 0 aliphatic rings. The van der Waals surface area contributed by atoms with Crippen molar-refractivity contribution in [2.75, 3.05) is 7.11 Å². The third-order valence-corrected chi connectivity index (χ3v) is 2.61. The van der Waals surface area contributed by atoms with Crippen molar-refractivity contribution in [3.05, 3.63) is 28.2 Å². The van der Waals surface area contributed by atoms with Crippen molar-refractivity contribution in [3.8, 4) is 5.75 Å². The number of methoxy groups -OCH3 is 1. The van der Waals surface area contributed by atoms with E-state index in [4.69, 9.17) is 9.84 Å². The lowest BCUT2D eigenvalue weighted by Crippen LogP contribution is -2.11. The first kappa shape index (κ1) is 11.2. The van der Waals surface area contributed by atoms with Gasteiger partial charge in [0.2, 0.25) is 0 Å². The molecule has 0 aliphatic heterocycles. The zero-order valence-electron chi connectivity index (χ0n) is 7.74. The van der Waals surface area contributed by atoms with Crippen molar-refractivity contribution in [2.45, 2.75) is 12.5 Å². The first-order chi connectivity index (χ1) is 6.67. The van der Waals surface area contributed by atoms with Gasteiger partial charge in [-0.15, -0.1) is 0 Å². The van der Waals surface area contributed by atoms with Crippen LogP contribution in [0.15, 0.2) is 22.7 Å². The second kappa shape index (κ2) is 5.12. The minimum atomic E-state index is -0.960. The fourth-order valence-corrected chi connectivity index (χ4v) is 1.52. The number of hydrogen-bond acceptors (Lipinski definition) is 3. The van der Waals surface area contributed by atoms with Crippen molar-refractivity contribution < 1.29 is 14.6 Å². The lowest BCUT2D eigenvalue weighted by atomic mass is 10.1. The molecule has 0 heterocycles. The van der Waals surface area contributed by atoms with Gasteiger partial charge in [0, 0.05) is 10.9 Å². The van der Waals surface area contributed by atoms with Gasteiger partial charge in [-0.3, -0.25) is 0 Å². The Morgan fingerprint density at radius 3 is 2.93 bits per heavy atom. The summed E-state index contributed by atoms with van der Waals surface area (Å²) in [6, 6.07) is 5.42. The first-order valence-corrected chi connectivity index (χ1v) is 4.92. The third kappa shape index (κ3) is 2.82. The molecule has 1 aromatic carbocycles. The summed E-state index contributed by atoms with van der Waals surface area (Å²) in [5.74, 6) is 0.710. The molecule has 1 rings (SSSR count). The summed E-state index contributed by atoms with van der Waals surface area (Å²) in [6.45, 7) is 0. The Balaban J connectivity index is 2.88. The SMILES string of the molecule is COc1ccc(Br)c(CC(O)C=O)c1. The van der Waals surface area contributed by atoms with Crippen LogP contribution in [0.25, 0.3) is 0 Å². The van der Waals surface area contributed by atoms with Gasteiger partial charge in [-0.25, -0.2) is 0 Å². The molecule has 3 nitrogen and oxygen atoms in total.